The van der Waals surface area contributed by atoms with E-state index in [1.807, 2.05) is 31.2 Å². The highest BCUT2D eigenvalue weighted by Crippen LogP contribution is 2.30. The second-order valence-electron chi connectivity index (χ2n) is 6.81. The summed E-state index contributed by atoms with van der Waals surface area (Å²) in [7, 11) is -3.40. The summed E-state index contributed by atoms with van der Waals surface area (Å²) in [6, 6.07) is 11.1. The van der Waals surface area contributed by atoms with E-state index in [0.717, 1.165) is 36.9 Å². The standard InChI is InChI=1S/C19H24N2O3S2/c1-14-5-2-3-6-17(14)21-19(22)16-10-8-15(9-11-16)13-20-26(23,24)18-7-4-12-25-18/h2-7,12,15-16,20H,8-11,13H2,1H3,(H,21,22). The fourth-order valence-electron chi connectivity index (χ4n) is 3.29. The van der Waals surface area contributed by atoms with E-state index in [1.54, 1.807) is 17.5 Å². The number of carbonyl (C=O) groups excluding carboxylic acids is 1. The van der Waals surface area contributed by atoms with Gasteiger partial charge >= 0.3 is 0 Å². The van der Waals surface area contributed by atoms with Crippen molar-refractivity contribution in [3.05, 3.63) is 47.3 Å². The number of rotatable bonds is 6. The molecule has 5 nitrogen and oxygen atoms in total. The summed E-state index contributed by atoms with van der Waals surface area (Å²) in [5.41, 5.74) is 1.92. The van der Waals surface area contributed by atoms with Gasteiger partial charge in [0.1, 0.15) is 4.21 Å². The average Bonchev–Trinajstić information content (AvgIpc) is 3.18. The molecule has 1 amide bonds. The van der Waals surface area contributed by atoms with Gasteiger partial charge < -0.3 is 5.32 Å². The molecule has 0 spiro atoms. The molecule has 0 saturated heterocycles. The SMILES string of the molecule is Cc1ccccc1NC(=O)C1CCC(CNS(=O)(=O)c2cccs2)CC1. The number of anilines is 1. The fraction of sp³-hybridized carbons (Fsp3) is 0.421. The van der Waals surface area contributed by atoms with E-state index >= 15 is 0 Å². The highest BCUT2D eigenvalue weighted by Gasteiger charge is 2.27. The van der Waals surface area contributed by atoms with E-state index in [9.17, 15) is 13.2 Å². The third-order valence-electron chi connectivity index (χ3n) is 4.94. The van der Waals surface area contributed by atoms with Crippen LogP contribution in [0.2, 0.25) is 0 Å². The first-order chi connectivity index (χ1) is 12.5. The Kier molecular flexibility index (Phi) is 6.11. The minimum Gasteiger partial charge on any atom is -0.326 e. The first-order valence-corrected chi connectivity index (χ1v) is 11.2. The van der Waals surface area contributed by atoms with Crippen LogP contribution in [-0.2, 0) is 14.8 Å². The monoisotopic (exact) mass is 392 g/mol. The van der Waals surface area contributed by atoms with E-state index < -0.39 is 10.0 Å². The van der Waals surface area contributed by atoms with Crippen LogP contribution in [-0.4, -0.2) is 20.9 Å². The first kappa shape index (κ1) is 19.1. The predicted molar refractivity (Wildman–Crippen MR) is 105 cm³/mol. The van der Waals surface area contributed by atoms with Gasteiger partial charge in [0.15, 0.2) is 0 Å². The molecule has 0 bridgehead atoms. The molecule has 140 valence electrons. The van der Waals surface area contributed by atoms with Gasteiger partial charge in [-0.25, -0.2) is 13.1 Å². The van der Waals surface area contributed by atoms with Crippen LogP contribution in [0.1, 0.15) is 31.2 Å². The lowest BCUT2D eigenvalue weighted by Crippen LogP contribution is -2.33. The molecule has 1 fully saturated rings. The number of hydrogen-bond donors (Lipinski definition) is 2. The van der Waals surface area contributed by atoms with Crippen molar-refractivity contribution in [2.24, 2.45) is 11.8 Å². The molecule has 1 heterocycles. The van der Waals surface area contributed by atoms with Crippen LogP contribution in [0.3, 0.4) is 0 Å². The summed E-state index contributed by atoms with van der Waals surface area (Å²) in [5, 5.41) is 4.78. The number of sulfonamides is 1. The van der Waals surface area contributed by atoms with Crippen LogP contribution >= 0.6 is 11.3 Å². The van der Waals surface area contributed by atoms with Crippen molar-refractivity contribution < 1.29 is 13.2 Å². The Morgan fingerprint density at radius 3 is 2.50 bits per heavy atom. The number of amides is 1. The van der Waals surface area contributed by atoms with E-state index in [0.29, 0.717) is 10.8 Å². The van der Waals surface area contributed by atoms with Gasteiger partial charge in [0.2, 0.25) is 15.9 Å². The zero-order valence-electron chi connectivity index (χ0n) is 14.8. The number of hydrogen-bond acceptors (Lipinski definition) is 4. The lowest BCUT2D eigenvalue weighted by Gasteiger charge is -2.28. The number of para-hydroxylation sites is 1. The summed E-state index contributed by atoms with van der Waals surface area (Å²) >= 11 is 1.22. The number of nitrogens with one attached hydrogen (secondary N) is 2. The summed E-state index contributed by atoms with van der Waals surface area (Å²) < 4.78 is 27.4. The molecule has 2 N–H and O–H groups in total. The number of carbonyl (C=O) groups is 1. The van der Waals surface area contributed by atoms with Crippen LogP contribution in [0.4, 0.5) is 5.69 Å². The Labute approximate surface area is 158 Å². The average molecular weight is 393 g/mol. The minimum absolute atomic E-state index is 0.000223. The molecular weight excluding hydrogens is 368 g/mol. The molecule has 1 aromatic carbocycles. The van der Waals surface area contributed by atoms with Gasteiger partial charge in [0.25, 0.3) is 0 Å². The largest absolute Gasteiger partial charge is 0.326 e. The Bertz CT molecular complexity index is 839. The molecule has 1 saturated carbocycles. The van der Waals surface area contributed by atoms with Gasteiger partial charge in [-0.05, 0) is 61.6 Å². The van der Waals surface area contributed by atoms with Gasteiger partial charge in [0.05, 0.1) is 0 Å². The number of aryl methyl sites for hydroxylation is 1. The smallest absolute Gasteiger partial charge is 0.250 e. The number of benzene rings is 1. The van der Waals surface area contributed by atoms with Gasteiger partial charge in [-0.3, -0.25) is 4.79 Å². The molecule has 0 aliphatic heterocycles. The second kappa shape index (κ2) is 8.33. The highest BCUT2D eigenvalue weighted by molar-refractivity contribution is 7.91. The van der Waals surface area contributed by atoms with Crippen LogP contribution in [0.5, 0.6) is 0 Å². The maximum Gasteiger partial charge on any atom is 0.250 e. The molecule has 0 atom stereocenters. The van der Waals surface area contributed by atoms with Gasteiger partial charge in [-0.15, -0.1) is 11.3 Å². The molecule has 0 unspecified atom stereocenters. The Morgan fingerprint density at radius 2 is 1.85 bits per heavy atom. The topological polar surface area (TPSA) is 75.3 Å². The van der Waals surface area contributed by atoms with Gasteiger partial charge in [0, 0.05) is 18.2 Å². The minimum atomic E-state index is -3.40. The third-order valence-corrected chi connectivity index (χ3v) is 7.76. The molecule has 7 heteroatoms. The molecule has 0 radical (unpaired) electrons. The fourth-order valence-corrected chi connectivity index (χ4v) is 5.45. The van der Waals surface area contributed by atoms with Crippen molar-refractivity contribution in [3.8, 4) is 0 Å². The Morgan fingerprint density at radius 1 is 1.12 bits per heavy atom. The summed E-state index contributed by atoms with van der Waals surface area (Å²) in [6.07, 6.45) is 3.31. The molecule has 3 rings (SSSR count). The molecule has 1 aliphatic carbocycles. The number of thiophene rings is 1. The normalized spacial score (nSPS) is 20.7. The van der Waals surface area contributed by atoms with Crippen molar-refractivity contribution in [1.29, 1.82) is 0 Å². The summed E-state index contributed by atoms with van der Waals surface area (Å²) in [5.74, 6) is 0.351. The quantitative estimate of drug-likeness (QED) is 0.785. The maximum atomic E-state index is 12.5. The maximum absolute atomic E-state index is 12.5. The van der Waals surface area contributed by atoms with Crippen LogP contribution in [0, 0.1) is 18.8 Å². The van der Waals surface area contributed by atoms with Gasteiger partial charge in [-0.1, -0.05) is 24.3 Å². The molecular formula is C19H24N2O3S2. The Hall–Kier alpha value is -1.70. The summed E-state index contributed by atoms with van der Waals surface area (Å²) in [6.45, 7) is 2.42. The third kappa shape index (κ3) is 4.72. The van der Waals surface area contributed by atoms with E-state index in [1.165, 1.54) is 11.3 Å². The Balaban J connectivity index is 1.47. The van der Waals surface area contributed by atoms with Crippen LogP contribution < -0.4 is 10.0 Å². The highest BCUT2D eigenvalue weighted by atomic mass is 32.2. The van der Waals surface area contributed by atoms with Crippen molar-refractivity contribution >= 4 is 33.0 Å². The first-order valence-electron chi connectivity index (χ1n) is 8.85. The van der Waals surface area contributed by atoms with E-state index in [2.05, 4.69) is 10.0 Å². The van der Waals surface area contributed by atoms with Crippen molar-refractivity contribution in [1.82, 2.24) is 4.72 Å². The second-order valence-corrected chi connectivity index (χ2v) is 9.75. The van der Waals surface area contributed by atoms with Gasteiger partial charge in [-0.2, -0.15) is 0 Å². The van der Waals surface area contributed by atoms with Crippen molar-refractivity contribution in [2.75, 3.05) is 11.9 Å². The molecule has 1 aliphatic rings. The lowest BCUT2D eigenvalue weighted by molar-refractivity contribution is -0.121. The molecule has 1 aromatic heterocycles. The van der Waals surface area contributed by atoms with Crippen molar-refractivity contribution in [3.63, 3.8) is 0 Å². The zero-order chi connectivity index (χ0) is 18.6. The van der Waals surface area contributed by atoms with Crippen molar-refractivity contribution in [2.45, 2.75) is 36.8 Å². The molecule has 2 aromatic rings. The molecule has 26 heavy (non-hydrogen) atoms. The van der Waals surface area contributed by atoms with E-state index in [-0.39, 0.29) is 17.7 Å². The van der Waals surface area contributed by atoms with Crippen LogP contribution in [0.15, 0.2) is 46.0 Å². The van der Waals surface area contributed by atoms with Crippen LogP contribution in [0.25, 0.3) is 0 Å². The predicted octanol–water partition coefficient (Wildman–Crippen LogP) is 3.78. The lowest BCUT2D eigenvalue weighted by atomic mass is 9.81. The van der Waals surface area contributed by atoms with E-state index in [4.69, 9.17) is 0 Å². The zero-order valence-corrected chi connectivity index (χ0v) is 16.4. The summed E-state index contributed by atoms with van der Waals surface area (Å²) in [4.78, 5) is 12.5.